The van der Waals surface area contributed by atoms with E-state index in [9.17, 15) is 13.8 Å². The Morgan fingerprint density at radius 1 is 1.65 bits per heavy atom. The summed E-state index contributed by atoms with van der Waals surface area (Å²) in [7, 11) is -0.858. The Labute approximate surface area is 103 Å². The summed E-state index contributed by atoms with van der Waals surface area (Å²) >= 11 is 0. The van der Waals surface area contributed by atoms with Crippen LogP contribution in [0.3, 0.4) is 0 Å². The summed E-state index contributed by atoms with van der Waals surface area (Å²) in [5.41, 5.74) is 0. The summed E-state index contributed by atoms with van der Waals surface area (Å²) < 4.78 is 11.1. The summed E-state index contributed by atoms with van der Waals surface area (Å²) in [6.45, 7) is 2.89. The molecule has 0 bridgehead atoms. The summed E-state index contributed by atoms with van der Waals surface area (Å²) in [6.07, 6.45) is 2.35. The Balaban J connectivity index is 2.21. The lowest BCUT2D eigenvalue weighted by atomic mass is 10.2. The second-order valence-corrected chi connectivity index (χ2v) is 5.93. The van der Waals surface area contributed by atoms with Crippen LogP contribution in [0.1, 0.15) is 13.3 Å². The average molecular weight is 261 g/mol. The van der Waals surface area contributed by atoms with Gasteiger partial charge in [0, 0.05) is 35.4 Å². The molecule has 0 spiro atoms. The van der Waals surface area contributed by atoms with Crippen LogP contribution in [0.2, 0.25) is 0 Å². The van der Waals surface area contributed by atoms with Crippen molar-refractivity contribution in [1.29, 1.82) is 0 Å². The number of amides is 2. The smallest absolute Gasteiger partial charge is 0.238 e. The van der Waals surface area contributed by atoms with Crippen LogP contribution < -0.4 is 16.0 Å². The third kappa shape index (κ3) is 4.82. The molecule has 0 aromatic heterocycles. The lowest BCUT2D eigenvalue weighted by molar-refractivity contribution is -0.126. The maximum Gasteiger partial charge on any atom is 0.238 e. The van der Waals surface area contributed by atoms with Gasteiger partial charge in [0.15, 0.2) is 0 Å². The summed E-state index contributed by atoms with van der Waals surface area (Å²) in [5, 5.41) is 8.31. The standard InChI is InChI=1S/C10H19N3O3S/c1-7(17(2)16)3-4-11-10(15)8-5-13-9(14)6-12-8/h7-8,12H,3-6H2,1-2H3,(H,11,15)(H,13,14). The molecule has 0 saturated carbocycles. The van der Waals surface area contributed by atoms with Crippen molar-refractivity contribution in [3.8, 4) is 0 Å². The minimum Gasteiger partial charge on any atom is -0.355 e. The van der Waals surface area contributed by atoms with Crippen molar-refractivity contribution >= 4 is 22.6 Å². The topological polar surface area (TPSA) is 87.3 Å². The number of carbonyl (C=O) groups is 2. The molecule has 3 unspecified atom stereocenters. The number of hydrogen-bond acceptors (Lipinski definition) is 4. The number of nitrogens with one attached hydrogen (secondary N) is 3. The highest BCUT2D eigenvalue weighted by Gasteiger charge is 2.23. The fraction of sp³-hybridized carbons (Fsp3) is 0.800. The van der Waals surface area contributed by atoms with Crippen LogP contribution in [-0.4, -0.2) is 53.2 Å². The monoisotopic (exact) mass is 261 g/mol. The maximum atomic E-state index is 11.7. The first-order chi connectivity index (χ1) is 8.00. The Bertz CT molecular complexity index is 312. The van der Waals surface area contributed by atoms with Gasteiger partial charge in [-0.15, -0.1) is 0 Å². The van der Waals surface area contributed by atoms with E-state index in [2.05, 4.69) is 16.0 Å². The SMILES string of the molecule is CC(CCNC(=O)C1CNC(=O)CN1)S(C)=O. The molecule has 2 amide bonds. The number of rotatable bonds is 5. The molecule has 7 heteroatoms. The highest BCUT2D eigenvalue weighted by molar-refractivity contribution is 7.84. The lowest BCUT2D eigenvalue weighted by Gasteiger charge is -2.23. The van der Waals surface area contributed by atoms with E-state index < -0.39 is 10.8 Å². The average Bonchev–Trinajstić information content (AvgIpc) is 2.29. The minimum absolute atomic E-state index is 0.0781. The zero-order chi connectivity index (χ0) is 12.8. The second kappa shape index (κ2) is 6.70. The summed E-state index contributed by atoms with van der Waals surface area (Å²) in [5.74, 6) is -0.219. The highest BCUT2D eigenvalue weighted by atomic mass is 32.2. The molecule has 3 atom stereocenters. The first kappa shape index (κ1) is 14.1. The van der Waals surface area contributed by atoms with Crippen molar-refractivity contribution in [3.63, 3.8) is 0 Å². The molecule has 1 heterocycles. The third-order valence-electron chi connectivity index (χ3n) is 2.75. The largest absolute Gasteiger partial charge is 0.355 e. The van der Waals surface area contributed by atoms with Gasteiger partial charge in [0.05, 0.1) is 6.54 Å². The Morgan fingerprint density at radius 2 is 2.35 bits per heavy atom. The van der Waals surface area contributed by atoms with Crippen LogP contribution in [0, 0.1) is 0 Å². The van der Waals surface area contributed by atoms with E-state index in [1.807, 2.05) is 6.92 Å². The first-order valence-electron chi connectivity index (χ1n) is 5.60. The molecule has 6 nitrogen and oxygen atoms in total. The second-order valence-electron chi connectivity index (χ2n) is 4.13. The van der Waals surface area contributed by atoms with Gasteiger partial charge in [-0.1, -0.05) is 6.92 Å². The molecule has 17 heavy (non-hydrogen) atoms. The highest BCUT2D eigenvalue weighted by Crippen LogP contribution is 1.97. The van der Waals surface area contributed by atoms with Crippen LogP contribution >= 0.6 is 0 Å². The molecule has 1 aliphatic heterocycles. The fourth-order valence-electron chi connectivity index (χ4n) is 1.44. The van der Waals surface area contributed by atoms with E-state index in [1.165, 1.54) is 0 Å². The number of carbonyl (C=O) groups excluding carboxylic acids is 2. The predicted molar refractivity (Wildman–Crippen MR) is 66.0 cm³/mol. The zero-order valence-corrected chi connectivity index (χ0v) is 10.9. The van der Waals surface area contributed by atoms with Gasteiger partial charge in [-0.3, -0.25) is 19.1 Å². The molecule has 1 saturated heterocycles. The van der Waals surface area contributed by atoms with Crippen molar-refractivity contribution in [2.45, 2.75) is 24.6 Å². The van der Waals surface area contributed by atoms with Gasteiger partial charge in [-0.25, -0.2) is 0 Å². The summed E-state index contributed by atoms with van der Waals surface area (Å²) in [6, 6.07) is -0.366. The minimum atomic E-state index is -0.858. The van der Waals surface area contributed by atoms with E-state index in [1.54, 1.807) is 6.26 Å². The van der Waals surface area contributed by atoms with Gasteiger partial charge in [-0.2, -0.15) is 0 Å². The van der Waals surface area contributed by atoms with Crippen molar-refractivity contribution < 1.29 is 13.8 Å². The third-order valence-corrected chi connectivity index (χ3v) is 4.11. The van der Waals surface area contributed by atoms with E-state index in [0.717, 1.165) is 0 Å². The van der Waals surface area contributed by atoms with Crippen LogP contribution in [0.25, 0.3) is 0 Å². The fourth-order valence-corrected chi connectivity index (χ4v) is 1.89. The van der Waals surface area contributed by atoms with Gasteiger partial charge in [0.2, 0.25) is 11.8 Å². The normalized spacial score (nSPS) is 23.6. The predicted octanol–water partition coefficient (Wildman–Crippen LogP) is -1.65. The van der Waals surface area contributed by atoms with Crippen LogP contribution in [0.15, 0.2) is 0 Å². The molecular formula is C10H19N3O3S. The van der Waals surface area contributed by atoms with Crippen LogP contribution in [0.4, 0.5) is 0 Å². The molecule has 0 aromatic carbocycles. The number of hydrogen-bond donors (Lipinski definition) is 3. The molecule has 1 rings (SSSR count). The van der Waals surface area contributed by atoms with Gasteiger partial charge in [0.25, 0.3) is 0 Å². The van der Waals surface area contributed by atoms with E-state index >= 15 is 0 Å². The molecule has 0 aliphatic carbocycles. The van der Waals surface area contributed by atoms with Crippen molar-refractivity contribution in [2.75, 3.05) is 25.9 Å². The van der Waals surface area contributed by atoms with E-state index in [-0.39, 0.29) is 29.7 Å². The van der Waals surface area contributed by atoms with Gasteiger partial charge >= 0.3 is 0 Å². The molecule has 0 aromatic rings. The van der Waals surface area contributed by atoms with Crippen molar-refractivity contribution in [1.82, 2.24) is 16.0 Å². The van der Waals surface area contributed by atoms with Crippen molar-refractivity contribution in [2.24, 2.45) is 0 Å². The summed E-state index contributed by atoms with van der Waals surface area (Å²) in [4.78, 5) is 22.5. The van der Waals surface area contributed by atoms with E-state index in [4.69, 9.17) is 0 Å². The molecule has 0 radical (unpaired) electrons. The van der Waals surface area contributed by atoms with Crippen molar-refractivity contribution in [3.05, 3.63) is 0 Å². The van der Waals surface area contributed by atoms with Gasteiger partial charge < -0.3 is 10.6 Å². The lowest BCUT2D eigenvalue weighted by Crippen LogP contribution is -2.58. The molecule has 3 N–H and O–H groups in total. The molecular weight excluding hydrogens is 242 g/mol. The Hall–Kier alpha value is -0.950. The van der Waals surface area contributed by atoms with Crippen LogP contribution in [-0.2, 0) is 20.4 Å². The number of piperazine rings is 1. The van der Waals surface area contributed by atoms with Crippen LogP contribution in [0.5, 0.6) is 0 Å². The Morgan fingerprint density at radius 3 is 2.88 bits per heavy atom. The molecule has 1 fully saturated rings. The van der Waals surface area contributed by atoms with Gasteiger partial charge in [-0.05, 0) is 6.42 Å². The first-order valence-corrected chi connectivity index (χ1v) is 7.23. The molecule has 98 valence electrons. The Kier molecular flexibility index (Phi) is 5.57. The van der Waals surface area contributed by atoms with Gasteiger partial charge in [0.1, 0.15) is 6.04 Å². The maximum absolute atomic E-state index is 11.7. The zero-order valence-electron chi connectivity index (χ0n) is 10.1. The quantitative estimate of drug-likeness (QED) is 0.553. The molecule has 1 aliphatic rings. The van der Waals surface area contributed by atoms with E-state index in [0.29, 0.717) is 19.5 Å².